The van der Waals surface area contributed by atoms with Crippen LogP contribution in [0, 0.1) is 16.7 Å². The summed E-state index contributed by atoms with van der Waals surface area (Å²) in [5, 5.41) is 0. The third kappa shape index (κ3) is 8.09. The third-order valence-corrected chi connectivity index (χ3v) is 4.18. The topological polar surface area (TPSA) is 46.6 Å². The molecular formula is C20H35NO3. The highest BCUT2D eigenvalue weighted by Gasteiger charge is 2.25. The lowest BCUT2D eigenvalue weighted by molar-refractivity contribution is -0.136. The Balaban J connectivity index is 2.15. The molecule has 2 amide bonds. The molecule has 0 saturated carbocycles. The zero-order chi connectivity index (χ0) is 18.4. The molecule has 1 aliphatic rings. The highest BCUT2D eigenvalue weighted by atomic mass is 16.5. The van der Waals surface area contributed by atoms with Crippen LogP contribution in [0.4, 0.5) is 0 Å². The third-order valence-electron chi connectivity index (χ3n) is 4.18. The van der Waals surface area contributed by atoms with E-state index in [1.807, 2.05) is 0 Å². The first-order valence-corrected chi connectivity index (χ1v) is 9.11. The second kappa shape index (κ2) is 8.80. The van der Waals surface area contributed by atoms with Crippen molar-refractivity contribution in [1.29, 1.82) is 0 Å². The number of hydrogen-bond donors (Lipinski definition) is 0. The highest BCUT2D eigenvalue weighted by molar-refractivity contribution is 6.12. The monoisotopic (exact) mass is 337 g/mol. The Morgan fingerprint density at radius 3 is 2.12 bits per heavy atom. The van der Waals surface area contributed by atoms with Gasteiger partial charge in [0.1, 0.15) is 0 Å². The van der Waals surface area contributed by atoms with E-state index < -0.39 is 0 Å². The van der Waals surface area contributed by atoms with Crippen LogP contribution < -0.4 is 0 Å². The molecule has 0 aromatic rings. The van der Waals surface area contributed by atoms with Gasteiger partial charge in [0.25, 0.3) is 11.8 Å². The second-order valence-corrected chi connectivity index (χ2v) is 9.16. The quantitative estimate of drug-likeness (QED) is 0.443. The maximum absolute atomic E-state index is 11.4. The molecule has 1 atom stereocenters. The molecule has 0 aromatic heterocycles. The van der Waals surface area contributed by atoms with Crippen molar-refractivity contribution in [3.8, 4) is 0 Å². The number of carbonyl (C=O) groups excluding carboxylic acids is 2. The first-order valence-electron chi connectivity index (χ1n) is 9.11. The van der Waals surface area contributed by atoms with Gasteiger partial charge in [0.05, 0.1) is 6.61 Å². The summed E-state index contributed by atoms with van der Waals surface area (Å²) in [6.07, 6.45) is 6.71. The van der Waals surface area contributed by atoms with Crippen LogP contribution in [0.5, 0.6) is 0 Å². The van der Waals surface area contributed by atoms with E-state index in [4.69, 9.17) is 4.74 Å². The molecule has 0 radical (unpaired) electrons. The fraction of sp³-hybridized carbons (Fsp3) is 0.800. The van der Waals surface area contributed by atoms with Gasteiger partial charge in [-0.1, -0.05) is 41.5 Å². The minimum absolute atomic E-state index is 0.176. The Bertz CT molecular complexity index is 442. The van der Waals surface area contributed by atoms with Gasteiger partial charge < -0.3 is 4.74 Å². The van der Waals surface area contributed by atoms with Crippen molar-refractivity contribution in [2.45, 2.75) is 67.2 Å². The van der Waals surface area contributed by atoms with E-state index in [0.717, 1.165) is 25.9 Å². The lowest BCUT2D eigenvalue weighted by atomic mass is 9.77. The van der Waals surface area contributed by atoms with E-state index in [-0.39, 0.29) is 17.2 Å². The summed E-state index contributed by atoms with van der Waals surface area (Å²) in [7, 11) is 0. The zero-order valence-corrected chi connectivity index (χ0v) is 16.4. The number of imide groups is 1. The zero-order valence-electron chi connectivity index (χ0n) is 16.4. The lowest BCUT2D eigenvalue weighted by Gasteiger charge is -2.31. The standard InChI is InChI=1S/C20H35NO3/c1-16(13-19(2,3)4)14-20(5,6)15-24-12-8-7-11-21-17(22)9-10-18(21)23/h9-10,16H,7-8,11-15H2,1-6H3. The van der Waals surface area contributed by atoms with E-state index in [1.54, 1.807) is 0 Å². The van der Waals surface area contributed by atoms with Gasteiger partial charge in [-0.3, -0.25) is 14.5 Å². The molecule has 0 fully saturated rings. The molecule has 0 spiro atoms. The maximum Gasteiger partial charge on any atom is 0.253 e. The molecule has 138 valence electrons. The molecule has 0 aliphatic carbocycles. The number of ether oxygens (including phenoxy) is 1. The van der Waals surface area contributed by atoms with Crippen molar-refractivity contribution in [2.75, 3.05) is 19.8 Å². The summed E-state index contributed by atoms with van der Waals surface area (Å²) in [6.45, 7) is 15.6. The van der Waals surface area contributed by atoms with Gasteiger partial charge in [0, 0.05) is 25.3 Å². The van der Waals surface area contributed by atoms with Crippen LogP contribution in [0.1, 0.15) is 67.2 Å². The summed E-state index contributed by atoms with van der Waals surface area (Å²) < 4.78 is 5.84. The van der Waals surface area contributed by atoms with Gasteiger partial charge in [-0.15, -0.1) is 0 Å². The first kappa shape index (κ1) is 20.9. The average molecular weight is 338 g/mol. The minimum atomic E-state index is -0.199. The molecule has 0 saturated heterocycles. The molecule has 1 unspecified atom stereocenters. The van der Waals surface area contributed by atoms with E-state index >= 15 is 0 Å². The van der Waals surface area contributed by atoms with Crippen LogP contribution in [-0.2, 0) is 14.3 Å². The second-order valence-electron chi connectivity index (χ2n) is 9.16. The molecule has 0 N–H and O–H groups in total. The van der Waals surface area contributed by atoms with Crippen molar-refractivity contribution in [1.82, 2.24) is 4.90 Å². The summed E-state index contributed by atoms with van der Waals surface area (Å²) >= 11 is 0. The largest absolute Gasteiger partial charge is 0.381 e. The summed E-state index contributed by atoms with van der Waals surface area (Å²) in [4.78, 5) is 24.1. The van der Waals surface area contributed by atoms with E-state index in [1.165, 1.54) is 23.5 Å². The Morgan fingerprint density at radius 1 is 1.00 bits per heavy atom. The Morgan fingerprint density at radius 2 is 1.58 bits per heavy atom. The first-order chi connectivity index (χ1) is 11.0. The fourth-order valence-corrected chi connectivity index (χ4v) is 3.59. The van der Waals surface area contributed by atoms with Crippen LogP contribution >= 0.6 is 0 Å². The molecule has 1 aliphatic heterocycles. The number of carbonyl (C=O) groups is 2. The number of unbranched alkanes of at least 4 members (excludes halogenated alkanes) is 1. The summed E-state index contributed by atoms with van der Waals surface area (Å²) in [5.41, 5.74) is 0.547. The predicted octanol–water partition coefficient (Wildman–Crippen LogP) is 4.20. The smallest absolute Gasteiger partial charge is 0.253 e. The molecule has 1 rings (SSSR count). The highest BCUT2D eigenvalue weighted by Crippen LogP contribution is 2.33. The van der Waals surface area contributed by atoms with Crippen LogP contribution in [0.3, 0.4) is 0 Å². The Labute approximate surface area is 147 Å². The number of nitrogens with zero attached hydrogens (tertiary/aromatic N) is 1. The van der Waals surface area contributed by atoms with E-state index in [9.17, 15) is 9.59 Å². The Hall–Kier alpha value is -1.16. The number of hydrogen-bond acceptors (Lipinski definition) is 3. The minimum Gasteiger partial charge on any atom is -0.381 e. The van der Waals surface area contributed by atoms with Gasteiger partial charge in [-0.2, -0.15) is 0 Å². The predicted molar refractivity (Wildman–Crippen MR) is 97.5 cm³/mol. The van der Waals surface area contributed by atoms with Gasteiger partial charge >= 0.3 is 0 Å². The maximum atomic E-state index is 11.4. The normalized spacial score (nSPS) is 17.0. The molecule has 4 nitrogen and oxygen atoms in total. The number of amides is 2. The molecule has 0 aromatic carbocycles. The van der Waals surface area contributed by atoms with Crippen molar-refractivity contribution in [2.24, 2.45) is 16.7 Å². The van der Waals surface area contributed by atoms with Crippen LogP contribution in [0.25, 0.3) is 0 Å². The fourth-order valence-electron chi connectivity index (χ4n) is 3.59. The van der Waals surface area contributed by atoms with Crippen LogP contribution in [0.15, 0.2) is 12.2 Å². The van der Waals surface area contributed by atoms with Crippen molar-refractivity contribution < 1.29 is 14.3 Å². The van der Waals surface area contributed by atoms with E-state index in [2.05, 4.69) is 41.5 Å². The summed E-state index contributed by atoms with van der Waals surface area (Å²) in [6, 6.07) is 0. The van der Waals surface area contributed by atoms with Crippen LogP contribution in [-0.4, -0.2) is 36.5 Å². The average Bonchev–Trinajstić information content (AvgIpc) is 2.70. The van der Waals surface area contributed by atoms with Crippen molar-refractivity contribution in [3.05, 3.63) is 12.2 Å². The molecule has 4 heteroatoms. The molecule has 0 bridgehead atoms. The van der Waals surface area contributed by atoms with Gasteiger partial charge in [-0.25, -0.2) is 0 Å². The molecular weight excluding hydrogens is 302 g/mol. The van der Waals surface area contributed by atoms with Crippen molar-refractivity contribution in [3.63, 3.8) is 0 Å². The van der Waals surface area contributed by atoms with E-state index in [0.29, 0.717) is 24.5 Å². The Kier molecular flexibility index (Phi) is 7.65. The van der Waals surface area contributed by atoms with Crippen molar-refractivity contribution >= 4 is 11.8 Å². The SMILES string of the molecule is CC(CC(C)(C)C)CC(C)(C)COCCCCN1C(=O)C=CC1=O. The number of rotatable bonds is 10. The summed E-state index contributed by atoms with van der Waals surface area (Å²) in [5.74, 6) is 0.285. The van der Waals surface area contributed by atoms with Gasteiger partial charge in [-0.05, 0) is 42.4 Å². The van der Waals surface area contributed by atoms with Crippen LogP contribution in [0.2, 0.25) is 0 Å². The van der Waals surface area contributed by atoms with Gasteiger partial charge in [0.15, 0.2) is 0 Å². The molecule has 24 heavy (non-hydrogen) atoms. The van der Waals surface area contributed by atoms with Gasteiger partial charge in [0.2, 0.25) is 0 Å². The molecule has 1 heterocycles. The lowest BCUT2D eigenvalue weighted by Crippen LogP contribution is -2.31.